The second-order valence-corrected chi connectivity index (χ2v) is 9.47. The van der Waals surface area contributed by atoms with Crippen LogP contribution in [-0.2, 0) is 21.3 Å². The summed E-state index contributed by atoms with van der Waals surface area (Å²) in [5.41, 5.74) is -9.89. The van der Waals surface area contributed by atoms with E-state index in [0.29, 0.717) is 0 Å². The van der Waals surface area contributed by atoms with Gasteiger partial charge in [0.1, 0.15) is 0 Å². The molecule has 0 unspecified atom stereocenters. The van der Waals surface area contributed by atoms with Crippen LogP contribution in [0.2, 0.25) is 0 Å². The van der Waals surface area contributed by atoms with Crippen molar-refractivity contribution in [1.29, 1.82) is 0 Å². The standard InChI is InChI=1S/C24H6F16O6/c25-17(26,7-1-3-9-11(5-7)15(43)45-13(9)41)19(29,30)21(33,34)23(37,38)24(39,40)22(35,36)20(31,32)18(27,28)8-2-4-10-12(6-8)16(44)46-14(10)42/h1-6H. The van der Waals surface area contributed by atoms with E-state index in [2.05, 4.69) is 9.47 Å². The molecule has 2 aliphatic rings. The van der Waals surface area contributed by atoms with Gasteiger partial charge in [-0.1, -0.05) is 12.1 Å². The molecule has 46 heavy (non-hydrogen) atoms. The maximum Gasteiger partial charge on any atom is 0.385 e. The Bertz CT molecular complexity index is 1570. The normalized spacial score (nSPS) is 16.8. The number of halogens is 16. The number of carbonyl (C=O) groups excluding carboxylic acids is 4. The van der Waals surface area contributed by atoms with Gasteiger partial charge >= 0.3 is 71.3 Å². The SMILES string of the molecule is O=C1OC(=O)c2cc(C(F)(F)C(F)(F)C(F)(F)C(F)(F)C(F)(F)C(F)(F)C(F)(F)C(F)(F)c3ccc4c(c3)C(=O)OC4=O)ccc21. The summed E-state index contributed by atoms with van der Waals surface area (Å²) in [6.45, 7) is 0. The van der Waals surface area contributed by atoms with Gasteiger partial charge in [0.2, 0.25) is 0 Å². The van der Waals surface area contributed by atoms with Crippen molar-refractivity contribution in [1.82, 2.24) is 0 Å². The Morgan fingerprint density at radius 3 is 0.870 bits per heavy atom. The van der Waals surface area contributed by atoms with Crippen LogP contribution in [0.25, 0.3) is 0 Å². The number of carbonyl (C=O) groups is 4. The molecule has 6 nitrogen and oxygen atoms in total. The van der Waals surface area contributed by atoms with Gasteiger partial charge in [-0.05, 0) is 24.3 Å². The average Bonchev–Trinajstić information content (AvgIpc) is 3.40. The Kier molecular flexibility index (Phi) is 7.17. The van der Waals surface area contributed by atoms with Crippen LogP contribution in [0.1, 0.15) is 52.6 Å². The Balaban J connectivity index is 1.78. The van der Waals surface area contributed by atoms with Crippen molar-refractivity contribution < 1.29 is 98.9 Å². The van der Waals surface area contributed by atoms with E-state index >= 15 is 0 Å². The Morgan fingerprint density at radius 2 is 0.587 bits per heavy atom. The van der Waals surface area contributed by atoms with Gasteiger partial charge in [-0.25, -0.2) is 19.2 Å². The summed E-state index contributed by atoms with van der Waals surface area (Å²) in [6.07, 6.45) is 0. The fourth-order valence-electron chi connectivity index (χ4n) is 4.11. The highest BCUT2D eigenvalue weighted by Gasteiger charge is 2.95. The van der Waals surface area contributed by atoms with Crippen molar-refractivity contribution in [2.24, 2.45) is 0 Å². The van der Waals surface area contributed by atoms with Gasteiger partial charge in [0.15, 0.2) is 0 Å². The van der Waals surface area contributed by atoms with Crippen LogP contribution in [0.15, 0.2) is 36.4 Å². The van der Waals surface area contributed by atoms with Crippen LogP contribution in [-0.4, -0.2) is 59.4 Å². The zero-order valence-corrected chi connectivity index (χ0v) is 21.0. The first-order valence-corrected chi connectivity index (χ1v) is 11.4. The number of cyclic esters (lactones) is 4. The minimum Gasteiger partial charge on any atom is -0.386 e. The first kappa shape index (κ1) is 34.5. The maximum absolute atomic E-state index is 14.6. The summed E-state index contributed by atoms with van der Waals surface area (Å²) in [5, 5.41) is 0. The Hall–Kier alpha value is -4.40. The van der Waals surface area contributed by atoms with Crippen molar-refractivity contribution in [3.05, 3.63) is 69.8 Å². The molecule has 4 rings (SSSR count). The van der Waals surface area contributed by atoms with Gasteiger partial charge in [0.05, 0.1) is 22.3 Å². The number of alkyl halides is 16. The van der Waals surface area contributed by atoms with E-state index in [1.807, 2.05) is 0 Å². The molecule has 0 aromatic heterocycles. The minimum atomic E-state index is -8.73. The van der Waals surface area contributed by atoms with Crippen LogP contribution < -0.4 is 0 Å². The van der Waals surface area contributed by atoms with Gasteiger partial charge in [-0.3, -0.25) is 0 Å². The summed E-state index contributed by atoms with van der Waals surface area (Å²) in [4.78, 5) is 45.6. The number of benzene rings is 2. The number of rotatable bonds is 9. The highest BCUT2D eigenvalue weighted by molar-refractivity contribution is 6.15. The third-order valence-electron chi connectivity index (χ3n) is 6.78. The predicted octanol–water partition coefficient (Wildman–Crippen LogP) is 7.00. The first-order valence-electron chi connectivity index (χ1n) is 11.4. The lowest BCUT2D eigenvalue weighted by Crippen LogP contribution is -2.74. The molecule has 2 aromatic rings. The summed E-state index contributed by atoms with van der Waals surface area (Å²) in [6, 6.07) is -1.79. The Morgan fingerprint density at radius 1 is 0.348 bits per heavy atom. The molecule has 250 valence electrons. The van der Waals surface area contributed by atoms with E-state index in [4.69, 9.17) is 0 Å². The third-order valence-corrected chi connectivity index (χ3v) is 6.78. The molecule has 0 fully saturated rings. The molecule has 0 saturated carbocycles. The smallest absolute Gasteiger partial charge is 0.385 e. The summed E-state index contributed by atoms with van der Waals surface area (Å²) >= 11 is 0. The van der Waals surface area contributed by atoms with E-state index in [0.717, 1.165) is 0 Å². The van der Waals surface area contributed by atoms with E-state index in [1.54, 1.807) is 0 Å². The van der Waals surface area contributed by atoms with E-state index in [-0.39, 0.29) is 12.1 Å². The number of fused-ring (bicyclic) bond motifs is 2. The van der Waals surface area contributed by atoms with Crippen LogP contribution >= 0.6 is 0 Å². The zero-order chi connectivity index (χ0) is 35.4. The van der Waals surface area contributed by atoms with Crippen molar-refractivity contribution in [2.45, 2.75) is 47.4 Å². The van der Waals surface area contributed by atoms with Crippen LogP contribution in [0.4, 0.5) is 70.2 Å². The van der Waals surface area contributed by atoms with E-state index < -0.39 is 129 Å². The van der Waals surface area contributed by atoms with Crippen molar-refractivity contribution in [2.75, 3.05) is 0 Å². The Labute approximate surface area is 240 Å². The number of hydrogen-bond donors (Lipinski definition) is 0. The fraction of sp³-hybridized carbons (Fsp3) is 0.333. The highest BCUT2D eigenvalue weighted by atomic mass is 19.4. The molecular formula is C24H6F16O6. The molecular weight excluding hydrogens is 688 g/mol. The molecule has 2 heterocycles. The molecule has 0 bridgehead atoms. The molecule has 0 atom stereocenters. The van der Waals surface area contributed by atoms with Gasteiger partial charge in [0, 0.05) is 11.1 Å². The summed E-state index contributed by atoms with van der Waals surface area (Å²) < 4.78 is 239. The van der Waals surface area contributed by atoms with Gasteiger partial charge in [-0.15, -0.1) is 0 Å². The van der Waals surface area contributed by atoms with Crippen LogP contribution in [0.5, 0.6) is 0 Å². The van der Waals surface area contributed by atoms with Gasteiger partial charge in [0.25, 0.3) is 0 Å². The first-order chi connectivity index (χ1) is 20.5. The van der Waals surface area contributed by atoms with E-state index in [9.17, 15) is 89.4 Å². The molecule has 0 aliphatic carbocycles. The fourth-order valence-corrected chi connectivity index (χ4v) is 4.11. The van der Waals surface area contributed by atoms with Crippen molar-refractivity contribution in [3.63, 3.8) is 0 Å². The van der Waals surface area contributed by atoms with Gasteiger partial charge in [-0.2, -0.15) is 70.2 Å². The predicted molar refractivity (Wildman–Crippen MR) is 110 cm³/mol. The quantitative estimate of drug-likeness (QED) is 0.160. The topological polar surface area (TPSA) is 86.7 Å². The zero-order valence-electron chi connectivity index (χ0n) is 21.0. The van der Waals surface area contributed by atoms with E-state index in [1.165, 1.54) is 0 Å². The average molecular weight is 694 g/mol. The van der Waals surface area contributed by atoms with Crippen LogP contribution in [0.3, 0.4) is 0 Å². The summed E-state index contributed by atoms with van der Waals surface area (Å²) in [7, 11) is 0. The maximum atomic E-state index is 14.6. The largest absolute Gasteiger partial charge is 0.386 e. The molecule has 0 N–H and O–H groups in total. The lowest BCUT2D eigenvalue weighted by molar-refractivity contribution is -0.456. The second-order valence-electron chi connectivity index (χ2n) is 9.47. The second kappa shape index (κ2) is 9.56. The summed E-state index contributed by atoms with van der Waals surface area (Å²) in [5.74, 6) is -71.1. The minimum absolute atomic E-state index is 0.0259. The third kappa shape index (κ3) is 4.06. The molecule has 0 amide bonds. The lowest BCUT2D eigenvalue weighted by atomic mass is 9.84. The van der Waals surface area contributed by atoms with Crippen molar-refractivity contribution >= 4 is 23.9 Å². The number of ether oxygens (including phenoxy) is 2. The lowest BCUT2D eigenvalue weighted by Gasteiger charge is -2.43. The number of hydrogen-bond acceptors (Lipinski definition) is 6. The molecule has 0 saturated heterocycles. The van der Waals surface area contributed by atoms with Crippen molar-refractivity contribution in [3.8, 4) is 0 Å². The molecule has 22 heteroatoms. The van der Waals surface area contributed by atoms with Gasteiger partial charge < -0.3 is 9.47 Å². The monoisotopic (exact) mass is 694 g/mol. The molecule has 2 aromatic carbocycles. The molecule has 0 radical (unpaired) electrons. The molecule has 2 aliphatic heterocycles. The molecule has 0 spiro atoms. The highest BCUT2D eigenvalue weighted by Crippen LogP contribution is 2.66. The van der Waals surface area contributed by atoms with Crippen LogP contribution in [0, 0.1) is 0 Å². The number of esters is 4.